The Morgan fingerprint density at radius 3 is 2.31 bits per heavy atom. The SMILES string of the molecule is COc1ccc(NC(=O)c2ccc(Cl)cc2)cc1S(=O)(=O)Nc1ccccc1Cl. The van der Waals surface area contributed by atoms with Crippen molar-refractivity contribution >= 4 is 50.5 Å². The van der Waals surface area contributed by atoms with Crippen molar-refractivity contribution < 1.29 is 17.9 Å². The monoisotopic (exact) mass is 450 g/mol. The number of methoxy groups -OCH3 is 1. The van der Waals surface area contributed by atoms with Crippen LogP contribution in [-0.4, -0.2) is 21.4 Å². The minimum Gasteiger partial charge on any atom is -0.495 e. The Bertz CT molecular complexity index is 1150. The van der Waals surface area contributed by atoms with E-state index in [2.05, 4.69) is 10.0 Å². The largest absolute Gasteiger partial charge is 0.495 e. The maximum atomic E-state index is 12.9. The second-order valence-electron chi connectivity index (χ2n) is 5.91. The van der Waals surface area contributed by atoms with Gasteiger partial charge in [0.15, 0.2) is 0 Å². The number of halogens is 2. The minimum absolute atomic E-state index is 0.119. The highest BCUT2D eigenvalue weighted by molar-refractivity contribution is 7.92. The van der Waals surface area contributed by atoms with Gasteiger partial charge in [-0.2, -0.15) is 0 Å². The fourth-order valence-electron chi connectivity index (χ4n) is 2.51. The number of para-hydroxylation sites is 1. The van der Waals surface area contributed by atoms with Gasteiger partial charge >= 0.3 is 0 Å². The fourth-order valence-corrected chi connectivity index (χ4v) is 4.15. The first-order chi connectivity index (χ1) is 13.8. The molecule has 0 bridgehead atoms. The van der Waals surface area contributed by atoms with Gasteiger partial charge in [-0.05, 0) is 54.6 Å². The van der Waals surface area contributed by atoms with Gasteiger partial charge in [0.05, 0.1) is 17.8 Å². The zero-order chi connectivity index (χ0) is 21.0. The quantitative estimate of drug-likeness (QED) is 0.549. The molecule has 0 unspecified atom stereocenters. The van der Waals surface area contributed by atoms with Gasteiger partial charge in [-0.15, -0.1) is 0 Å². The van der Waals surface area contributed by atoms with Gasteiger partial charge in [-0.25, -0.2) is 8.42 Å². The Kier molecular flexibility index (Phi) is 6.32. The predicted molar refractivity (Wildman–Crippen MR) is 115 cm³/mol. The maximum absolute atomic E-state index is 12.9. The fraction of sp³-hybridized carbons (Fsp3) is 0.0500. The van der Waals surface area contributed by atoms with Gasteiger partial charge < -0.3 is 10.1 Å². The summed E-state index contributed by atoms with van der Waals surface area (Å²) in [6.07, 6.45) is 0. The van der Waals surface area contributed by atoms with E-state index in [1.807, 2.05) is 0 Å². The molecule has 0 saturated carbocycles. The molecule has 150 valence electrons. The van der Waals surface area contributed by atoms with Crippen LogP contribution in [-0.2, 0) is 10.0 Å². The molecule has 0 aliphatic heterocycles. The zero-order valence-electron chi connectivity index (χ0n) is 15.1. The van der Waals surface area contributed by atoms with E-state index < -0.39 is 15.9 Å². The molecule has 0 aliphatic rings. The number of carbonyl (C=O) groups is 1. The summed E-state index contributed by atoms with van der Waals surface area (Å²) >= 11 is 11.9. The Labute approximate surface area is 178 Å². The lowest BCUT2D eigenvalue weighted by atomic mass is 10.2. The van der Waals surface area contributed by atoms with Crippen molar-refractivity contribution in [3.05, 3.63) is 82.3 Å². The maximum Gasteiger partial charge on any atom is 0.265 e. The Morgan fingerprint density at radius 1 is 0.966 bits per heavy atom. The van der Waals surface area contributed by atoms with Crippen LogP contribution >= 0.6 is 23.2 Å². The first kappa shape index (κ1) is 21.0. The van der Waals surface area contributed by atoms with E-state index in [1.54, 1.807) is 54.6 Å². The van der Waals surface area contributed by atoms with E-state index in [0.717, 1.165) is 0 Å². The second-order valence-corrected chi connectivity index (χ2v) is 8.41. The molecule has 3 aromatic rings. The summed E-state index contributed by atoms with van der Waals surface area (Å²) in [6.45, 7) is 0. The molecule has 9 heteroatoms. The summed E-state index contributed by atoms with van der Waals surface area (Å²) in [5.74, 6) is -0.289. The van der Waals surface area contributed by atoms with Crippen LogP contribution in [0.2, 0.25) is 10.0 Å². The van der Waals surface area contributed by atoms with Crippen LogP contribution in [0.4, 0.5) is 11.4 Å². The number of hydrogen-bond donors (Lipinski definition) is 2. The lowest BCUT2D eigenvalue weighted by Gasteiger charge is -2.14. The van der Waals surface area contributed by atoms with Crippen LogP contribution in [0.5, 0.6) is 5.75 Å². The van der Waals surface area contributed by atoms with E-state index in [1.165, 1.54) is 19.2 Å². The van der Waals surface area contributed by atoms with Gasteiger partial charge in [0.25, 0.3) is 15.9 Å². The lowest BCUT2D eigenvalue weighted by molar-refractivity contribution is 0.102. The average Bonchev–Trinajstić information content (AvgIpc) is 2.70. The number of hydrogen-bond acceptors (Lipinski definition) is 4. The molecule has 0 radical (unpaired) electrons. The molecule has 29 heavy (non-hydrogen) atoms. The molecule has 0 saturated heterocycles. The summed E-state index contributed by atoms with van der Waals surface area (Å²) in [6, 6.07) is 17.1. The molecule has 0 heterocycles. The zero-order valence-corrected chi connectivity index (χ0v) is 17.5. The molecule has 3 aromatic carbocycles. The summed E-state index contributed by atoms with van der Waals surface area (Å²) in [7, 11) is -2.68. The highest BCUT2D eigenvalue weighted by Crippen LogP contribution is 2.31. The number of amides is 1. The number of carbonyl (C=O) groups excluding carboxylic acids is 1. The summed E-state index contributed by atoms with van der Waals surface area (Å²) < 4.78 is 33.4. The molecule has 2 N–H and O–H groups in total. The third-order valence-electron chi connectivity index (χ3n) is 3.94. The minimum atomic E-state index is -4.04. The number of benzene rings is 3. The number of ether oxygens (including phenoxy) is 1. The van der Waals surface area contributed by atoms with Gasteiger partial charge in [0, 0.05) is 16.3 Å². The number of sulfonamides is 1. The number of anilines is 2. The topological polar surface area (TPSA) is 84.5 Å². The van der Waals surface area contributed by atoms with Crippen LogP contribution in [0.1, 0.15) is 10.4 Å². The van der Waals surface area contributed by atoms with Crippen molar-refractivity contribution in [1.82, 2.24) is 0 Å². The van der Waals surface area contributed by atoms with Gasteiger partial charge in [0.1, 0.15) is 10.6 Å². The van der Waals surface area contributed by atoms with Crippen molar-refractivity contribution in [2.45, 2.75) is 4.90 Å². The Hall–Kier alpha value is -2.74. The third-order valence-corrected chi connectivity index (χ3v) is 5.90. The average molecular weight is 451 g/mol. The van der Waals surface area contributed by atoms with Gasteiger partial charge in [-0.1, -0.05) is 35.3 Å². The van der Waals surface area contributed by atoms with Gasteiger partial charge in [0.2, 0.25) is 0 Å². The highest BCUT2D eigenvalue weighted by Gasteiger charge is 2.22. The molecule has 1 amide bonds. The molecule has 3 rings (SSSR count). The summed E-state index contributed by atoms with van der Waals surface area (Å²) in [4.78, 5) is 12.3. The van der Waals surface area contributed by atoms with Crippen LogP contribution in [0.25, 0.3) is 0 Å². The molecule has 0 aliphatic carbocycles. The second kappa shape index (κ2) is 8.73. The van der Waals surface area contributed by atoms with Crippen molar-refractivity contribution in [3.8, 4) is 5.75 Å². The van der Waals surface area contributed by atoms with Crippen molar-refractivity contribution in [3.63, 3.8) is 0 Å². The molecule has 0 fully saturated rings. The number of nitrogens with one attached hydrogen (secondary N) is 2. The molecular formula is C20H16Cl2N2O4S. The summed E-state index contributed by atoms with van der Waals surface area (Å²) in [5.41, 5.74) is 0.890. The first-order valence-corrected chi connectivity index (χ1v) is 10.6. The third kappa shape index (κ3) is 5.00. The number of rotatable bonds is 6. The molecule has 0 atom stereocenters. The van der Waals surface area contributed by atoms with Crippen molar-refractivity contribution in [2.75, 3.05) is 17.1 Å². The van der Waals surface area contributed by atoms with E-state index in [0.29, 0.717) is 10.6 Å². The molecule has 0 aromatic heterocycles. The Morgan fingerprint density at radius 2 is 1.66 bits per heavy atom. The van der Waals surface area contributed by atoms with Crippen LogP contribution in [0, 0.1) is 0 Å². The normalized spacial score (nSPS) is 11.0. The van der Waals surface area contributed by atoms with E-state index >= 15 is 0 Å². The van der Waals surface area contributed by atoms with E-state index in [9.17, 15) is 13.2 Å². The van der Waals surface area contributed by atoms with Crippen molar-refractivity contribution in [2.24, 2.45) is 0 Å². The van der Waals surface area contributed by atoms with Crippen LogP contribution in [0.3, 0.4) is 0 Å². The van der Waals surface area contributed by atoms with E-state index in [4.69, 9.17) is 27.9 Å². The van der Waals surface area contributed by atoms with Gasteiger partial charge in [-0.3, -0.25) is 9.52 Å². The van der Waals surface area contributed by atoms with Crippen molar-refractivity contribution in [1.29, 1.82) is 0 Å². The Balaban J connectivity index is 1.91. The van der Waals surface area contributed by atoms with Crippen LogP contribution in [0.15, 0.2) is 71.6 Å². The molecule has 0 spiro atoms. The molecule has 6 nitrogen and oxygen atoms in total. The standard InChI is InChI=1S/C20H16Cl2N2O4S/c1-28-18-11-10-15(23-20(25)13-6-8-14(21)9-7-13)12-19(18)29(26,27)24-17-5-3-2-4-16(17)22/h2-12,24H,1H3,(H,23,25). The summed E-state index contributed by atoms with van der Waals surface area (Å²) in [5, 5.41) is 3.42. The van der Waals surface area contributed by atoms with Crippen LogP contribution < -0.4 is 14.8 Å². The van der Waals surface area contributed by atoms with E-state index in [-0.39, 0.29) is 27.0 Å². The highest BCUT2D eigenvalue weighted by atomic mass is 35.5. The predicted octanol–water partition coefficient (Wildman–Crippen LogP) is 5.06. The molecular weight excluding hydrogens is 435 g/mol. The smallest absolute Gasteiger partial charge is 0.265 e. The lowest BCUT2D eigenvalue weighted by Crippen LogP contribution is -2.16. The first-order valence-electron chi connectivity index (χ1n) is 8.32.